The van der Waals surface area contributed by atoms with Gasteiger partial charge in [-0.15, -0.1) is 0 Å². The lowest BCUT2D eigenvalue weighted by Crippen LogP contribution is -2.56. The van der Waals surface area contributed by atoms with Crippen LogP contribution in [-0.4, -0.2) is 27.1 Å². The summed E-state index contributed by atoms with van der Waals surface area (Å²) in [4.78, 5) is 15.1. The van der Waals surface area contributed by atoms with Crippen molar-refractivity contribution in [1.82, 2.24) is 14.7 Å². The Morgan fingerprint density at radius 1 is 1.09 bits per heavy atom. The molecule has 2 atom stereocenters. The summed E-state index contributed by atoms with van der Waals surface area (Å²) in [5.74, 6) is -0.441. The third kappa shape index (κ3) is 4.22. The number of hydrogen-bond acceptors (Lipinski definition) is 3. The van der Waals surface area contributed by atoms with Gasteiger partial charge in [0.15, 0.2) is 0 Å². The number of carbonyl (C=O) groups is 1. The van der Waals surface area contributed by atoms with Gasteiger partial charge in [-0.3, -0.25) is 14.4 Å². The molecule has 2 N–H and O–H groups in total. The van der Waals surface area contributed by atoms with Crippen LogP contribution in [0.15, 0.2) is 54.6 Å². The number of alkyl halides is 3. The van der Waals surface area contributed by atoms with E-state index in [0.29, 0.717) is 19.4 Å². The van der Waals surface area contributed by atoms with E-state index in [4.69, 9.17) is 5.73 Å². The van der Waals surface area contributed by atoms with Crippen molar-refractivity contribution in [1.29, 1.82) is 0 Å². The number of aryl methyl sites for hydroxylation is 3. The minimum absolute atomic E-state index is 0.169. The second kappa shape index (κ2) is 8.91. The Balaban J connectivity index is 1.72. The van der Waals surface area contributed by atoms with Crippen molar-refractivity contribution in [3.05, 3.63) is 88.2 Å². The van der Waals surface area contributed by atoms with Gasteiger partial charge in [-0.05, 0) is 49.9 Å². The molecular weight excluding hydrogens is 441 g/mol. The molecule has 1 amide bonds. The number of nitrogens with two attached hydrogens (primary N) is 1. The van der Waals surface area contributed by atoms with Gasteiger partial charge in [0.2, 0.25) is 5.91 Å². The molecule has 0 radical (unpaired) electrons. The van der Waals surface area contributed by atoms with E-state index in [-0.39, 0.29) is 6.04 Å². The number of fused-ring (bicyclic) bond motifs is 1. The van der Waals surface area contributed by atoms with Crippen LogP contribution in [0.2, 0.25) is 0 Å². The Morgan fingerprint density at radius 3 is 2.32 bits per heavy atom. The van der Waals surface area contributed by atoms with E-state index in [1.54, 1.807) is 0 Å². The highest BCUT2D eigenvalue weighted by Gasteiger charge is 2.46. The fourth-order valence-electron chi connectivity index (χ4n) is 5.20. The summed E-state index contributed by atoms with van der Waals surface area (Å²) >= 11 is 0. The van der Waals surface area contributed by atoms with Gasteiger partial charge >= 0.3 is 6.18 Å². The molecule has 2 unspecified atom stereocenters. The van der Waals surface area contributed by atoms with Crippen LogP contribution in [0.3, 0.4) is 0 Å². The molecule has 4 rings (SSSR count). The van der Waals surface area contributed by atoms with Crippen LogP contribution in [0.4, 0.5) is 13.2 Å². The molecule has 2 heterocycles. The lowest BCUT2D eigenvalue weighted by Gasteiger charge is -2.47. The van der Waals surface area contributed by atoms with Crippen LogP contribution in [0.1, 0.15) is 53.0 Å². The predicted octanol–water partition coefficient (Wildman–Crippen LogP) is 4.68. The lowest BCUT2D eigenvalue weighted by molar-refractivity contribution is -0.137. The number of amides is 1. The van der Waals surface area contributed by atoms with Crippen molar-refractivity contribution < 1.29 is 18.0 Å². The molecule has 1 aliphatic heterocycles. The zero-order valence-electron chi connectivity index (χ0n) is 19.6. The summed E-state index contributed by atoms with van der Waals surface area (Å²) in [7, 11) is 1.92. The molecular formula is C26H29F3N4O. The Bertz CT molecular complexity index is 1170. The highest BCUT2D eigenvalue weighted by Crippen LogP contribution is 2.43. The van der Waals surface area contributed by atoms with Crippen LogP contribution < -0.4 is 5.73 Å². The second-order valence-electron chi connectivity index (χ2n) is 9.06. The van der Waals surface area contributed by atoms with Gasteiger partial charge in [0, 0.05) is 37.3 Å². The number of halogens is 3. The first-order valence-corrected chi connectivity index (χ1v) is 11.3. The maximum absolute atomic E-state index is 13.0. The van der Waals surface area contributed by atoms with Gasteiger partial charge in [0.1, 0.15) is 5.54 Å². The number of nitrogens with zero attached hydrogens (tertiary/aromatic N) is 3. The monoisotopic (exact) mass is 470 g/mol. The molecule has 0 bridgehead atoms. The van der Waals surface area contributed by atoms with Gasteiger partial charge in [-0.25, -0.2) is 0 Å². The van der Waals surface area contributed by atoms with E-state index < -0.39 is 23.2 Å². The Labute approximate surface area is 197 Å². The molecule has 0 spiro atoms. The molecule has 5 nitrogen and oxygen atoms in total. The topological polar surface area (TPSA) is 64.2 Å². The zero-order chi connectivity index (χ0) is 24.7. The van der Waals surface area contributed by atoms with Gasteiger partial charge < -0.3 is 5.73 Å². The van der Waals surface area contributed by atoms with Crippen LogP contribution in [-0.2, 0) is 36.4 Å². The molecule has 3 aromatic rings. The third-order valence-corrected chi connectivity index (χ3v) is 7.07. The molecule has 0 fully saturated rings. The minimum atomic E-state index is -4.36. The first kappa shape index (κ1) is 24.0. The molecule has 1 aliphatic rings. The van der Waals surface area contributed by atoms with E-state index in [9.17, 15) is 18.0 Å². The maximum atomic E-state index is 13.0. The Morgan fingerprint density at radius 2 is 1.74 bits per heavy atom. The lowest BCUT2D eigenvalue weighted by atomic mass is 9.82. The first-order valence-electron chi connectivity index (χ1n) is 11.3. The van der Waals surface area contributed by atoms with Crippen molar-refractivity contribution in [2.75, 3.05) is 6.54 Å². The van der Waals surface area contributed by atoms with Crippen molar-refractivity contribution in [2.24, 2.45) is 12.8 Å². The number of primary amides is 1. The minimum Gasteiger partial charge on any atom is -0.368 e. The fraction of sp³-hybridized carbons (Fsp3) is 0.385. The van der Waals surface area contributed by atoms with Gasteiger partial charge in [-0.2, -0.15) is 18.3 Å². The fourth-order valence-corrected chi connectivity index (χ4v) is 5.20. The molecule has 0 aliphatic carbocycles. The largest absolute Gasteiger partial charge is 0.416 e. The Kier molecular flexibility index (Phi) is 6.29. The molecule has 180 valence electrons. The molecule has 0 saturated carbocycles. The number of benzene rings is 2. The standard InChI is InChI=1S/C26H29F3N4O/c1-17-23-21(32(3)31-17)15-16-33(25(2,24(30)34)19-7-5-4-6-8-19)22(23)14-11-18-9-12-20(13-10-18)26(27,28)29/h4-10,12-13,22H,11,14-16H2,1-3H3,(H2,30,34). The normalized spacial score (nSPS) is 18.4. The number of rotatable bonds is 6. The van der Waals surface area contributed by atoms with Crippen LogP contribution in [0.5, 0.6) is 0 Å². The van der Waals surface area contributed by atoms with Gasteiger partial charge in [0.05, 0.1) is 11.3 Å². The molecule has 1 aromatic heterocycles. The molecule has 0 saturated heterocycles. The molecule has 34 heavy (non-hydrogen) atoms. The second-order valence-corrected chi connectivity index (χ2v) is 9.06. The average molecular weight is 471 g/mol. The molecule has 8 heteroatoms. The Hall–Kier alpha value is -3.13. The van der Waals surface area contributed by atoms with Crippen molar-refractivity contribution in [3.8, 4) is 0 Å². The van der Waals surface area contributed by atoms with E-state index in [1.807, 2.05) is 55.9 Å². The van der Waals surface area contributed by atoms with Crippen molar-refractivity contribution in [3.63, 3.8) is 0 Å². The maximum Gasteiger partial charge on any atom is 0.416 e. The smallest absolute Gasteiger partial charge is 0.368 e. The van der Waals surface area contributed by atoms with E-state index in [0.717, 1.165) is 46.6 Å². The summed E-state index contributed by atoms with van der Waals surface area (Å²) in [5.41, 5.74) is 9.00. The van der Waals surface area contributed by atoms with E-state index in [2.05, 4.69) is 10.00 Å². The van der Waals surface area contributed by atoms with Gasteiger partial charge in [-0.1, -0.05) is 42.5 Å². The SMILES string of the molecule is Cc1nn(C)c2c1C(CCc1ccc(C(F)(F)F)cc1)N(C(C)(C(N)=O)c1ccccc1)CC2. The highest BCUT2D eigenvalue weighted by atomic mass is 19.4. The number of hydrogen-bond donors (Lipinski definition) is 1. The summed E-state index contributed by atoms with van der Waals surface area (Å²) in [6.45, 7) is 4.42. The zero-order valence-corrected chi connectivity index (χ0v) is 19.6. The number of aromatic nitrogens is 2. The van der Waals surface area contributed by atoms with Crippen molar-refractivity contribution >= 4 is 5.91 Å². The van der Waals surface area contributed by atoms with Crippen LogP contribution >= 0.6 is 0 Å². The quantitative estimate of drug-likeness (QED) is 0.569. The summed E-state index contributed by atoms with van der Waals surface area (Å²) in [6, 6.07) is 14.6. The number of carbonyl (C=O) groups excluding carboxylic acids is 1. The summed E-state index contributed by atoms with van der Waals surface area (Å²) in [6.07, 6.45) is -2.48. The third-order valence-electron chi connectivity index (χ3n) is 7.07. The average Bonchev–Trinajstić information content (AvgIpc) is 3.10. The van der Waals surface area contributed by atoms with Crippen molar-refractivity contribution in [2.45, 2.75) is 50.9 Å². The summed E-state index contributed by atoms with van der Waals surface area (Å²) < 4.78 is 40.8. The van der Waals surface area contributed by atoms with E-state index >= 15 is 0 Å². The first-order chi connectivity index (χ1) is 16.0. The van der Waals surface area contributed by atoms with Crippen LogP contribution in [0.25, 0.3) is 0 Å². The summed E-state index contributed by atoms with van der Waals surface area (Å²) in [5, 5.41) is 4.62. The van der Waals surface area contributed by atoms with Crippen LogP contribution in [0, 0.1) is 6.92 Å². The highest BCUT2D eigenvalue weighted by molar-refractivity contribution is 5.86. The van der Waals surface area contributed by atoms with E-state index in [1.165, 1.54) is 12.1 Å². The predicted molar refractivity (Wildman–Crippen MR) is 124 cm³/mol. The van der Waals surface area contributed by atoms with Gasteiger partial charge in [0.25, 0.3) is 0 Å². The molecule has 2 aromatic carbocycles.